The van der Waals surface area contributed by atoms with Gasteiger partial charge >= 0.3 is 5.97 Å². The average Bonchev–Trinajstić information content (AvgIpc) is 2.49. The van der Waals surface area contributed by atoms with Crippen LogP contribution in [0.4, 0.5) is 5.69 Å². The van der Waals surface area contributed by atoms with Crippen LogP contribution in [0.15, 0.2) is 30.4 Å². The van der Waals surface area contributed by atoms with Crippen LogP contribution in [-0.4, -0.2) is 22.2 Å². The van der Waals surface area contributed by atoms with Gasteiger partial charge in [-0.1, -0.05) is 18.2 Å². The molecule has 1 aliphatic carbocycles. The van der Waals surface area contributed by atoms with Gasteiger partial charge in [-0.25, -0.2) is 4.79 Å². The van der Waals surface area contributed by atoms with E-state index in [-0.39, 0.29) is 17.4 Å². The molecular formula is C18H20N2O3. The van der Waals surface area contributed by atoms with Gasteiger partial charge in [0.1, 0.15) is 11.3 Å². The number of aryl methyl sites for hydroxylation is 1. The summed E-state index contributed by atoms with van der Waals surface area (Å²) in [4.78, 5) is 15.8. The molecule has 0 bridgehead atoms. The second kappa shape index (κ2) is 5.91. The number of benzene rings is 1. The Morgan fingerprint density at radius 3 is 2.74 bits per heavy atom. The zero-order valence-corrected chi connectivity index (χ0v) is 13.1. The van der Waals surface area contributed by atoms with Gasteiger partial charge in [0, 0.05) is 0 Å². The third-order valence-electron chi connectivity index (χ3n) is 4.34. The van der Waals surface area contributed by atoms with Gasteiger partial charge in [0.25, 0.3) is 0 Å². The smallest absolute Gasteiger partial charge is 0.339 e. The number of aromatic carboxylic acids is 1. The highest BCUT2D eigenvalue weighted by Gasteiger charge is 2.22. The van der Waals surface area contributed by atoms with Crippen LogP contribution in [0.1, 0.15) is 41.7 Å². The second-order valence-electron chi connectivity index (χ2n) is 6.01. The van der Waals surface area contributed by atoms with Crippen molar-refractivity contribution in [1.82, 2.24) is 4.98 Å². The van der Waals surface area contributed by atoms with Crippen LogP contribution in [-0.2, 0) is 0 Å². The van der Waals surface area contributed by atoms with Crippen molar-refractivity contribution in [3.05, 3.63) is 41.6 Å². The number of nitrogens with zero attached hydrogens (tertiary/aromatic N) is 1. The molecule has 3 N–H and O–H groups in total. The fraction of sp³-hybridized carbons (Fsp3) is 0.333. The van der Waals surface area contributed by atoms with Gasteiger partial charge in [0.2, 0.25) is 0 Å². The number of hydrogen-bond acceptors (Lipinski definition) is 4. The highest BCUT2D eigenvalue weighted by molar-refractivity contribution is 6.06. The number of aromatic nitrogens is 1. The largest absolute Gasteiger partial charge is 0.490 e. The number of rotatable bonds is 3. The Morgan fingerprint density at radius 1 is 1.39 bits per heavy atom. The van der Waals surface area contributed by atoms with Crippen LogP contribution in [0, 0.1) is 6.92 Å². The van der Waals surface area contributed by atoms with Crippen LogP contribution in [0.2, 0.25) is 0 Å². The molecule has 1 aromatic heterocycles. The van der Waals surface area contributed by atoms with Gasteiger partial charge in [0.05, 0.1) is 28.4 Å². The number of anilines is 1. The molecule has 0 aliphatic heterocycles. The molecule has 0 radical (unpaired) electrons. The minimum Gasteiger partial charge on any atom is -0.490 e. The van der Waals surface area contributed by atoms with Crippen LogP contribution >= 0.6 is 0 Å². The molecule has 2 aromatic rings. The van der Waals surface area contributed by atoms with E-state index in [0.29, 0.717) is 22.3 Å². The summed E-state index contributed by atoms with van der Waals surface area (Å²) in [7, 11) is 0. The zero-order valence-electron chi connectivity index (χ0n) is 13.1. The molecule has 120 valence electrons. The summed E-state index contributed by atoms with van der Waals surface area (Å²) in [6.45, 7) is 5.66. The molecule has 1 fully saturated rings. The number of nitrogens with two attached hydrogens (primary N) is 1. The Bertz CT molecular complexity index is 788. The molecule has 3 rings (SSSR count). The van der Waals surface area contributed by atoms with E-state index in [2.05, 4.69) is 11.6 Å². The third-order valence-corrected chi connectivity index (χ3v) is 4.34. The summed E-state index contributed by atoms with van der Waals surface area (Å²) in [6.07, 6.45) is 3.85. The molecule has 23 heavy (non-hydrogen) atoms. The number of fused-ring (bicyclic) bond motifs is 1. The van der Waals surface area contributed by atoms with E-state index < -0.39 is 5.97 Å². The highest BCUT2D eigenvalue weighted by atomic mass is 16.5. The molecule has 1 aromatic carbocycles. The molecule has 0 saturated heterocycles. The lowest BCUT2D eigenvalue weighted by Gasteiger charge is -2.25. The lowest BCUT2D eigenvalue weighted by atomic mass is 9.94. The van der Waals surface area contributed by atoms with E-state index in [0.717, 1.165) is 25.7 Å². The molecule has 0 spiro atoms. The van der Waals surface area contributed by atoms with Crippen molar-refractivity contribution in [3.63, 3.8) is 0 Å². The summed E-state index contributed by atoms with van der Waals surface area (Å²) in [6, 6.07) is 5.50. The summed E-state index contributed by atoms with van der Waals surface area (Å²) >= 11 is 0. The van der Waals surface area contributed by atoms with Crippen molar-refractivity contribution >= 4 is 22.6 Å². The minimum absolute atomic E-state index is 0.0468. The maximum Gasteiger partial charge on any atom is 0.339 e. The van der Waals surface area contributed by atoms with Crippen LogP contribution < -0.4 is 10.5 Å². The number of carbonyl (C=O) groups is 1. The topological polar surface area (TPSA) is 85.4 Å². The summed E-state index contributed by atoms with van der Waals surface area (Å²) in [5, 5.41) is 9.96. The van der Waals surface area contributed by atoms with Crippen molar-refractivity contribution in [2.45, 2.75) is 38.7 Å². The zero-order chi connectivity index (χ0) is 16.6. The quantitative estimate of drug-likeness (QED) is 0.844. The maximum absolute atomic E-state index is 11.5. The number of allylic oxidation sites excluding steroid dienone is 1. The first-order valence-electron chi connectivity index (χ1n) is 7.72. The first-order chi connectivity index (χ1) is 11.0. The number of carboxylic acids is 1. The summed E-state index contributed by atoms with van der Waals surface area (Å²) in [5.41, 5.74) is 8.72. The minimum atomic E-state index is -1.07. The molecule has 0 atom stereocenters. The molecular weight excluding hydrogens is 292 g/mol. The number of nitrogen functional groups attached to an aromatic ring is 1. The first kappa shape index (κ1) is 15.3. The maximum atomic E-state index is 11.5. The van der Waals surface area contributed by atoms with E-state index in [4.69, 9.17) is 10.5 Å². The molecule has 1 aliphatic rings. The van der Waals surface area contributed by atoms with Crippen molar-refractivity contribution in [2.24, 2.45) is 0 Å². The van der Waals surface area contributed by atoms with Crippen molar-refractivity contribution in [1.29, 1.82) is 0 Å². The van der Waals surface area contributed by atoms with Crippen LogP contribution in [0.3, 0.4) is 0 Å². The third kappa shape index (κ3) is 2.86. The van der Waals surface area contributed by atoms with Gasteiger partial charge in [-0.15, -0.1) is 0 Å². The number of ether oxygens (including phenoxy) is 1. The highest BCUT2D eigenvalue weighted by Crippen LogP contribution is 2.35. The molecule has 0 amide bonds. The van der Waals surface area contributed by atoms with E-state index >= 15 is 0 Å². The van der Waals surface area contributed by atoms with E-state index in [1.165, 1.54) is 5.57 Å². The van der Waals surface area contributed by atoms with Crippen molar-refractivity contribution < 1.29 is 14.6 Å². The Labute approximate surface area is 134 Å². The van der Waals surface area contributed by atoms with Crippen LogP contribution in [0.5, 0.6) is 5.75 Å². The Balaban J connectivity index is 2.05. The second-order valence-corrected chi connectivity index (χ2v) is 6.01. The molecule has 5 nitrogen and oxygen atoms in total. The number of hydrogen-bond donors (Lipinski definition) is 2. The lowest BCUT2D eigenvalue weighted by molar-refractivity contribution is 0.0697. The summed E-state index contributed by atoms with van der Waals surface area (Å²) in [5.74, 6) is -0.467. The Morgan fingerprint density at radius 2 is 2.09 bits per heavy atom. The Hall–Kier alpha value is -2.56. The van der Waals surface area contributed by atoms with E-state index in [1.807, 2.05) is 18.2 Å². The number of pyridine rings is 1. The SMILES string of the molecule is C=C1CCC(Oc2cccc3nc(C)c(C(=O)O)c(N)c23)CC1. The molecule has 5 heteroatoms. The first-order valence-corrected chi connectivity index (χ1v) is 7.72. The van der Waals surface area contributed by atoms with Gasteiger partial charge in [0.15, 0.2) is 0 Å². The Kier molecular flexibility index (Phi) is 3.94. The number of carboxylic acid groups (broad SMARTS) is 1. The van der Waals surface area contributed by atoms with Gasteiger partial charge in [-0.05, 0) is 44.7 Å². The van der Waals surface area contributed by atoms with Gasteiger partial charge in [-0.2, -0.15) is 0 Å². The predicted molar refractivity (Wildman–Crippen MR) is 89.9 cm³/mol. The predicted octanol–water partition coefficient (Wildman–Crippen LogP) is 3.70. The molecule has 1 saturated carbocycles. The lowest BCUT2D eigenvalue weighted by Crippen LogP contribution is -2.21. The molecule has 1 heterocycles. The van der Waals surface area contributed by atoms with E-state index in [1.54, 1.807) is 6.92 Å². The monoisotopic (exact) mass is 312 g/mol. The normalized spacial score (nSPS) is 15.8. The van der Waals surface area contributed by atoms with Crippen LogP contribution in [0.25, 0.3) is 10.9 Å². The van der Waals surface area contributed by atoms with Gasteiger partial charge in [-0.3, -0.25) is 4.98 Å². The van der Waals surface area contributed by atoms with E-state index in [9.17, 15) is 9.90 Å². The molecule has 0 unspecified atom stereocenters. The summed E-state index contributed by atoms with van der Waals surface area (Å²) < 4.78 is 6.12. The average molecular weight is 312 g/mol. The fourth-order valence-corrected chi connectivity index (χ4v) is 3.11. The fourth-order valence-electron chi connectivity index (χ4n) is 3.11. The van der Waals surface area contributed by atoms with Gasteiger partial charge < -0.3 is 15.6 Å². The van der Waals surface area contributed by atoms with Crippen molar-refractivity contribution in [3.8, 4) is 5.75 Å². The standard InChI is InChI=1S/C18H20N2O3/c1-10-6-8-12(9-7-10)23-14-5-3-4-13-16(14)17(19)15(18(21)22)11(2)20-13/h3-5,12H,1,6-9H2,2H3,(H2,19,20)(H,21,22). The van der Waals surface area contributed by atoms with Crippen molar-refractivity contribution in [2.75, 3.05) is 5.73 Å².